The second kappa shape index (κ2) is 7.29. The van der Waals surface area contributed by atoms with Gasteiger partial charge in [-0.2, -0.15) is 0 Å². The quantitative estimate of drug-likeness (QED) is 0.655. The summed E-state index contributed by atoms with van der Waals surface area (Å²) in [5.41, 5.74) is 3.25. The van der Waals surface area contributed by atoms with Gasteiger partial charge in [0.15, 0.2) is 0 Å². The van der Waals surface area contributed by atoms with Gasteiger partial charge in [0.1, 0.15) is 5.70 Å². The Morgan fingerprint density at radius 1 is 0.952 bits per heavy atom. The molecule has 0 fully saturated rings. The number of ether oxygens (including phenoxy) is 1. The van der Waals surface area contributed by atoms with Crippen molar-refractivity contribution in [3.63, 3.8) is 0 Å². The lowest BCUT2D eigenvalue weighted by Crippen LogP contribution is -2.04. The lowest BCUT2D eigenvalue weighted by molar-refractivity contribution is 0.0976. The maximum atomic E-state index is 9.81. The number of hydrogen-bond acceptors (Lipinski definition) is 3. The van der Waals surface area contributed by atoms with Crippen LogP contribution in [0, 0.1) is 0 Å². The third-order valence-electron chi connectivity index (χ3n) is 2.96. The van der Waals surface area contributed by atoms with Gasteiger partial charge in [0, 0.05) is 11.1 Å². The van der Waals surface area contributed by atoms with E-state index in [-0.39, 0.29) is 5.95 Å². The molecule has 2 rings (SSSR count). The SMILES string of the molecule is CCO/C(O)=C(\C)N=C(c1ccccc1)c1ccccc1. The summed E-state index contributed by atoms with van der Waals surface area (Å²) in [6.07, 6.45) is 0. The highest BCUT2D eigenvalue weighted by molar-refractivity contribution is 6.13. The van der Waals surface area contributed by atoms with E-state index in [1.807, 2.05) is 67.6 Å². The molecule has 0 radical (unpaired) electrons. The summed E-state index contributed by atoms with van der Waals surface area (Å²) in [6, 6.07) is 19.8. The highest BCUT2D eigenvalue weighted by atomic mass is 16.6. The standard InChI is InChI=1S/C18H19NO2/c1-3-21-18(20)14(2)19-17(15-10-6-4-7-11-15)16-12-8-5-9-13-16/h4-13,20H,3H2,1-2H3/b18-14+. The van der Waals surface area contributed by atoms with E-state index < -0.39 is 0 Å². The number of benzene rings is 2. The molecule has 0 aliphatic heterocycles. The second-order valence-electron chi connectivity index (χ2n) is 4.52. The molecular weight excluding hydrogens is 262 g/mol. The van der Waals surface area contributed by atoms with Crippen LogP contribution in [0.2, 0.25) is 0 Å². The minimum absolute atomic E-state index is 0.137. The van der Waals surface area contributed by atoms with E-state index in [1.165, 1.54) is 0 Å². The zero-order chi connectivity index (χ0) is 15.1. The lowest BCUT2D eigenvalue weighted by Gasteiger charge is -2.09. The number of aliphatic hydroxyl groups is 1. The number of aliphatic imine (C=N–C) groups is 1. The minimum atomic E-state index is -0.137. The molecule has 0 aromatic heterocycles. The molecule has 0 saturated heterocycles. The maximum absolute atomic E-state index is 9.81. The van der Waals surface area contributed by atoms with Crippen molar-refractivity contribution in [2.24, 2.45) is 4.99 Å². The van der Waals surface area contributed by atoms with Crippen molar-refractivity contribution in [2.75, 3.05) is 6.61 Å². The largest absolute Gasteiger partial charge is 0.480 e. The highest BCUT2D eigenvalue weighted by Gasteiger charge is 2.08. The van der Waals surface area contributed by atoms with Crippen LogP contribution in [0.5, 0.6) is 0 Å². The number of rotatable bonds is 5. The number of nitrogens with zero attached hydrogens (tertiary/aromatic N) is 1. The smallest absolute Gasteiger partial charge is 0.298 e. The molecule has 0 unspecified atom stereocenters. The van der Waals surface area contributed by atoms with Gasteiger partial charge in [-0.15, -0.1) is 0 Å². The van der Waals surface area contributed by atoms with Crippen LogP contribution in [-0.4, -0.2) is 17.4 Å². The van der Waals surface area contributed by atoms with Crippen molar-refractivity contribution in [1.29, 1.82) is 0 Å². The van der Waals surface area contributed by atoms with Crippen molar-refractivity contribution in [2.45, 2.75) is 13.8 Å². The predicted octanol–water partition coefficient (Wildman–Crippen LogP) is 4.31. The highest BCUT2D eigenvalue weighted by Crippen LogP contribution is 2.14. The Bertz CT molecular complexity index is 589. The van der Waals surface area contributed by atoms with E-state index in [2.05, 4.69) is 4.99 Å². The van der Waals surface area contributed by atoms with Gasteiger partial charge in [0.25, 0.3) is 5.95 Å². The molecule has 2 aromatic carbocycles. The first-order valence-corrected chi connectivity index (χ1v) is 6.94. The van der Waals surface area contributed by atoms with Crippen LogP contribution in [0.25, 0.3) is 0 Å². The van der Waals surface area contributed by atoms with Crippen LogP contribution in [0.1, 0.15) is 25.0 Å². The van der Waals surface area contributed by atoms with Crippen LogP contribution >= 0.6 is 0 Å². The predicted molar refractivity (Wildman–Crippen MR) is 85.5 cm³/mol. The minimum Gasteiger partial charge on any atom is -0.480 e. The average Bonchev–Trinajstić information content (AvgIpc) is 2.54. The molecule has 0 bridgehead atoms. The molecule has 21 heavy (non-hydrogen) atoms. The van der Waals surface area contributed by atoms with E-state index in [0.29, 0.717) is 12.3 Å². The Hall–Kier alpha value is -2.55. The Balaban J connectivity index is 2.50. The molecule has 0 amide bonds. The summed E-state index contributed by atoms with van der Waals surface area (Å²) in [6.45, 7) is 3.96. The van der Waals surface area contributed by atoms with Crippen molar-refractivity contribution in [3.05, 3.63) is 83.4 Å². The Morgan fingerprint density at radius 3 is 1.86 bits per heavy atom. The number of hydrogen-bond donors (Lipinski definition) is 1. The van der Waals surface area contributed by atoms with Gasteiger partial charge in [-0.05, 0) is 13.8 Å². The fourth-order valence-corrected chi connectivity index (χ4v) is 1.94. The molecule has 0 atom stereocenters. The van der Waals surface area contributed by atoms with E-state index in [1.54, 1.807) is 6.92 Å². The van der Waals surface area contributed by atoms with Crippen molar-refractivity contribution < 1.29 is 9.84 Å². The maximum Gasteiger partial charge on any atom is 0.298 e. The molecule has 1 N–H and O–H groups in total. The monoisotopic (exact) mass is 281 g/mol. The molecule has 0 aliphatic rings. The van der Waals surface area contributed by atoms with Crippen molar-refractivity contribution >= 4 is 5.71 Å². The molecule has 2 aromatic rings. The number of aliphatic hydroxyl groups excluding tert-OH is 1. The second-order valence-corrected chi connectivity index (χ2v) is 4.52. The molecule has 3 nitrogen and oxygen atoms in total. The van der Waals surface area contributed by atoms with Crippen LogP contribution in [0.3, 0.4) is 0 Å². The Morgan fingerprint density at radius 2 is 1.43 bits per heavy atom. The molecule has 0 spiro atoms. The first-order chi connectivity index (χ1) is 10.2. The molecule has 0 saturated carbocycles. The molecule has 0 heterocycles. The fourth-order valence-electron chi connectivity index (χ4n) is 1.94. The molecule has 108 valence electrons. The summed E-state index contributed by atoms with van der Waals surface area (Å²) in [5.74, 6) is -0.137. The average molecular weight is 281 g/mol. The number of allylic oxidation sites excluding steroid dienone is 1. The van der Waals surface area contributed by atoms with E-state index >= 15 is 0 Å². The van der Waals surface area contributed by atoms with Crippen molar-refractivity contribution in [3.8, 4) is 0 Å². The Kier molecular flexibility index (Phi) is 5.16. The topological polar surface area (TPSA) is 41.8 Å². The third kappa shape index (κ3) is 3.96. The van der Waals surface area contributed by atoms with Gasteiger partial charge in [0.05, 0.1) is 12.3 Å². The van der Waals surface area contributed by atoms with Crippen LogP contribution in [0.15, 0.2) is 77.3 Å². The van der Waals surface area contributed by atoms with E-state index in [9.17, 15) is 5.11 Å². The lowest BCUT2D eigenvalue weighted by atomic mass is 10.0. The van der Waals surface area contributed by atoms with Gasteiger partial charge in [-0.3, -0.25) is 0 Å². The first kappa shape index (κ1) is 14.9. The summed E-state index contributed by atoms with van der Waals surface area (Å²) in [7, 11) is 0. The van der Waals surface area contributed by atoms with Crippen molar-refractivity contribution in [1.82, 2.24) is 0 Å². The van der Waals surface area contributed by atoms with Gasteiger partial charge in [-0.1, -0.05) is 60.7 Å². The summed E-state index contributed by atoms with van der Waals surface area (Å²) in [5, 5.41) is 9.81. The fraction of sp³-hybridized carbons (Fsp3) is 0.167. The molecule has 0 aliphatic carbocycles. The van der Waals surface area contributed by atoms with Crippen LogP contribution in [0.4, 0.5) is 0 Å². The third-order valence-corrected chi connectivity index (χ3v) is 2.96. The van der Waals surface area contributed by atoms with Crippen LogP contribution < -0.4 is 0 Å². The van der Waals surface area contributed by atoms with Crippen LogP contribution in [-0.2, 0) is 4.74 Å². The van der Waals surface area contributed by atoms with Gasteiger partial charge in [-0.25, -0.2) is 4.99 Å². The van der Waals surface area contributed by atoms with E-state index in [4.69, 9.17) is 4.74 Å². The normalized spacial score (nSPS) is 11.5. The first-order valence-electron chi connectivity index (χ1n) is 6.94. The summed E-state index contributed by atoms with van der Waals surface area (Å²) >= 11 is 0. The summed E-state index contributed by atoms with van der Waals surface area (Å²) in [4.78, 5) is 4.56. The molecule has 3 heteroatoms. The zero-order valence-corrected chi connectivity index (χ0v) is 12.3. The van der Waals surface area contributed by atoms with Gasteiger partial charge < -0.3 is 9.84 Å². The molecular formula is C18H19NO2. The Labute approximate surface area is 125 Å². The van der Waals surface area contributed by atoms with Gasteiger partial charge >= 0.3 is 0 Å². The zero-order valence-electron chi connectivity index (χ0n) is 12.3. The summed E-state index contributed by atoms with van der Waals surface area (Å²) < 4.78 is 5.10. The van der Waals surface area contributed by atoms with Gasteiger partial charge in [0.2, 0.25) is 0 Å². The van der Waals surface area contributed by atoms with E-state index in [0.717, 1.165) is 16.8 Å².